The molecule has 0 saturated carbocycles. The van der Waals surface area contributed by atoms with Crippen LogP contribution < -0.4 is 10.6 Å². The van der Waals surface area contributed by atoms with E-state index in [4.69, 9.17) is 0 Å². The van der Waals surface area contributed by atoms with E-state index in [0.29, 0.717) is 30.8 Å². The molecule has 2 N–H and O–H groups in total. The maximum atomic E-state index is 13.1. The van der Waals surface area contributed by atoms with E-state index in [1.165, 1.54) is 9.21 Å². The molecular weight excluding hydrogens is 432 g/mol. The Morgan fingerprint density at radius 3 is 2.62 bits per heavy atom. The standard InChI is InChI=1S/C22H32N4O5S/c1-22(2,3)19(14-25-12-10-16-7-4-5-9-18(16)32(25,30)31)24-21(29)23-13-20(28)26-11-6-8-17(26)15-27/h4-5,7,9,15,17,19H,6,8,10-14H2,1-3H3,(H2,23,24,29). The summed E-state index contributed by atoms with van der Waals surface area (Å²) in [6, 6.07) is 5.51. The molecule has 3 rings (SSSR count). The molecule has 1 fully saturated rings. The molecule has 0 bridgehead atoms. The average Bonchev–Trinajstić information content (AvgIpc) is 3.22. The number of sulfonamides is 1. The Balaban J connectivity index is 1.63. The first-order valence-electron chi connectivity index (χ1n) is 10.9. The zero-order chi connectivity index (χ0) is 23.5. The largest absolute Gasteiger partial charge is 0.334 e. The number of carbonyl (C=O) groups excluding carboxylic acids is 3. The van der Waals surface area contributed by atoms with Crippen molar-refractivity contribution in [3.8, 4) is 0 Å². The summed E-state index contributed by atoms with van der Waals surface area (Å²) >= 11 is 0. The van der Waals surface area contributed by atoms with Gasteiger partial charge in [-0.05, 0) is 36.3 Å². The van der Waals surface area contributed by atoms with Gasteiger partial charge in [0.1, 0.15) is 6.29 Å². The van der Waals surface area contributed by atoms with Gasteiger partial charge in [-0.25, -0.2) is 13.2 Å². The molecule has 10 heteroatoms. The molecule has 2 heterocycles. The van der Waals surface area contributed by atoms with E-state index >= 15 is 0 Å². The van der Waals surface area contributed by atoms with Gasteiger partial charge >= 0.3 is 6.03 Å². The van der Waals surface area contributed by atoms with E-state index in [1.54, 1.807) is 12.1 Å². The second kappa shape index (κ2) is 9.58. The van der Waals surface area contributed by atoms with Crippen LogP contribution in [0.3, 0.4) is 0 Å². The molecule has 2 atom stereocenters. The first-order chi connectivity index (χ1) is 15.0. The second-order valence-corrected chi connectivity index (χ2v) is 11.3. The Bertz CT molecular complexity index is 973. The van der Waals surface area contributed by atoms with E-state index in [-0.39, 0.29) is 19.0 Å². The minimum Gasteiger partial charge on any atom is -0.334 e. The summed E-state index contributed by atoms with van der Waals surface area (Å²) in [5.41, 5.74) is 0.376. The van der Waals surface area contributed by atoms with Crippen molar-refractivity contribution >= 4 is 28.2 Å². The Hall–Kier alpha value is -2.46. The molecular formula is C22H32N4O5S. The fourth-order valence-electron chi connectivity index (χ4n) is 4.11. The van der Waals surface area contributed by atoms with Gasteiger partial charge in [0.05, 0.1) is 17.5 Å². The monoisotopic (exact) mass is 464 g/mol. The molecule has 1 aromatic rings. The number of likely N-dealkylation sites (tertiary alicyclic amines) is 1. The lowest BCUT2D eigenvalue weighted by Crippen LogP contribution is -2.56. The van der Waals surface area contributed by atoms with Crippen molar-refractivity contribution in [3.05, 3.63) is 29.8 Å². The second-order valence-electron chi connectivity index (χ2n) is 9.40. The zero-order valence-electron chi connectivity index (χ0n) is 18.8. The van der Waals surface area contributed by atoms with E-state index in [9.17, 15) is 22.8 Å². The number of fused-ring (bicyclic) bond motifs is 1. The quantitative estimate of drug-likeness (QED) is 0.613. The summed E-state index contributed by atoms with van der Waals surface area (Å²) in [6.45, 7) is 6.52. The van der Waals surface area contributed by atoms with Gasteiger partial charge in [0.15, 0.2) is 0 Å². The highest BCUT2D eigenvalue weighted by Gasteiger charge is 2.36. The van der Waals surface area contributed by atoms with Crippen molar-refractivity contribution in [2.75, 3.05) is 26.2 Å². The molecule has 2 aliphatic heterocycles. The summed E-state index contributed by atoms with van der Waals surface area (Å²) in [4.78, 5) is 37.8. The third-order valence-corrected chi connectivity index (χ3v) is 8.10. The average molecular weight is 465 g/mol. The molecule has 0 aliphatic carbocycles. The van der Waals surface area contributed by atoms with Crippen LogP contribution in [-0.4, -0.2) is 74.1 Å². The number of hydrogen-bond donors (Lipinski definition) is 2. The lowest BCUT2D eigenvalue weighted by molar-refractivity contribution is -0.133. The number of urea groups is 1. The Morgan fingerprint density at radius 2 is 1.94 bits per heavy atom. The predicted octanol–water partition coefficient (Wildman–Crippen LogP) is 1.14. The summed E-state index contributed by atoms with van der Waals surface area (Å²) in [5.74, 6) is -0.308. The van der Waals surface area contributed by atoms with Crippen LogP contribution in [0.15, 0.2) is 29.2 Å². The fraction of sp³-hybridized carbons (Fsp3) is 0.591. The van der Waals surface area contributed by atoms with Crippen LogP contribution in [0.25, 0.3) is 0 Å². The number of rotatable bonds is 6. The van der Waals surface area contributed by atoms with Crippen LogP contribution in [0.4, 0.5) is 4.79 Å². The number of nitrogens with one attached hydrogen (secondary N) is 2. The fourth-order valence-corrected chi connectivity index (χ4v) is 5.81. The van der Waals surface area contributed by atoms with Gasteiger partial charge in [0.25, 0.3) is 0 Å². The maximum Gasteiger partial charge on any atom is 0.315 e. The zero-order valence-corrected chi connectivity index (χ0v) is 19.7. The number of hydrogen-bond acceptors (Lipinski definition) is 5. The summed E-state index contributed by atoms with van der Waals surface area (Å²) in [6.07, 6.45) is 2.78. The van der Waals surface area contributed by atoms with Crippen molar-refractivity contribution in [2.24, 2.45) is 5.41 Å². The minimum atomic E-state index is -3.65. The smallest absolute Gasteiger partial charge is 0.315 e. The van der Waals surface area contributed by atoms with Crippen molar-refractivity contribution in [3.63, 3.8) is 0 Å². The van der Waals surface area contributed by atoms with Gasteiger partial charge in [-0.2, -0.15) is 4.31 Å². The molecule has 0 radical (unpaired) electrons. The van der Waals surface area contributed by atoms with Crippen LogP contribution >= 0.6 is 0 Å². The van der Waals surface area contributed by atoms with Crippen molar-refractivity contribution < 1.29 is 22.8 Å². The van der Waals surface area contributed by atoms with Gasteiger partial charge < -0.3 is 20.3 Å². The number of benzene rings is 1. The van der Waals surface area contributed by atoms with Gasteiger partial charge in [-0.1, -0.05) is 39.0 Å². The first-order valence-corrected chi connectivity index (χ1v) is 12.3. The lowest BCUT2D eigenvalue weighted by Gasteiger charge is -2.37. The number of aldehydes is 1. The topological polar surface area (TPSA) is 116 Å². The molecule has 1 aromatic carbocycles. The molecule has 32 heavy (non-hydrogen) atoms. The van der Waals surface area contributed by atoms with E-state index in [2.05, 4.69) is 10.6 Å². The van der Waals surface area contributed by atoms with Gasteiger partial charge in [-0.3, -0.25) is 4.79 Å². The third kappa shape index (κ3) is 5.29. The Morgan fingerprint density at radius 1 is 1.22 bits per heavy atom. The summed E-state index contributed by atoms with van der Waals surface area (Å²) < 4.78 is 27.6. The Kier molecular flexibility index (Phi) is 7.24. The normalized spacial score (nSPS) is 21.5. The third-order valence-electron chi connectivity index (χ3n) is 6.13. The van der Waals surface area contributed by atoms with E-state index in [0.717, 1.165) is 18.3 Å². The van der Waals surface area contributed by atoms with Gasteiger partial charge in [0, 0.05) is 25.7 Å². The molecule has 9 nitrogen and oxygen atoms in total. The van der Waals surface area contributed by atoms with Crippen LogP contribution in [-0.2, 0) is 26.0 Å². The first kappa shape index (κ1) is 24.2. The number of amides is 3. The molecule has 1 saturated heterocycles. The number of nitrogens with zero attached hydrogens (tertiary/aromatic N) is 2. The minimum absolute atomic E-state index is 0.126. The highest BCUT2D eigenvalue weighted by molar-refractivity contribution is 7.89. The SMILES string of the molecule is CC(C)(C)C(CN1CCc2ccccc2S1(=O)=O)NC(=O)NCC(=O)N1CCCC1C=O. The predicted molar refractivity (Wildman–Crippen MR) is 119 cm³/mol. The maximum absolute atomic E-state index is 13.1. The van der Waals surface area contributed by atoms with Crippen LogP contribution in [0.1, 0.15) is 39.2 Å². The van der Waals surface area contributed by atoms with Crippen molar-refractivity contribution in [2.45, 2.75) is 57.0 Å². The molecule has 3 amide bonds. The highest BCUT2D eigenvalue weighted by Crippen LogP contribution is 2.28. The summed E-state index contributed by atoms with van der Waals surface area (Å²) in [5, 5.41) is 5.40. The molecule has 2 aliphatic rings. The van der Waals surface area contributed by atoms with E-state index < -0.39 is 33.6 Å². The molecule has 0 aromatic heterocycles. The molecule has 2 unspecified atom stereocenters. The number of carbonyl (C=O) groups is 3. The van der Waals surface area contributed by atoms with Crippen LogP contribution in [0, 0.1) is 5.41 Å². The van der Waals surface area contributed by atoms with Crippen LogP contribution in [0.2, 0.25) is 0 Å². The van der Waals surface area contributed by atoms with Crippen molar-refractivity contribution in [1.29, 1.82) is 0 Å². The van der Waals surface area contributed by atoms with Gasteiger partial charge in [0.2, 0.25) is 15.9 Å². The van der Waals surface area contributed by atoms with Crippen molar-refractivity contribution in [1.82, 2.24) is 19.8 Å². The highest BCUT2D eigenvalue weighted by atomic mass is 32.2. The van der Waals surface area contributed by atoms with Crippen LogP contribution in [0.5, 0.6) is 0 Å². The summed E-state index contributed by atoms with van der Waals surface area (Å²) in [7, 11) is -3.65. The molecule has 0 spiro atoms. The molecule has 176 valence electrons. The van der Waals surface area contributed by atoms with E-state index in [1.807, 2.05) is 32.9 Å². The Labute approximate surface area is 189 Å². The lowest BCUT2D eigenvalue weighted by atomic mass is 9.86. The van der Waals surface area contributed by atoms with Gasteiger partial charge in [-0.15, -0.1) is 0 Å².